The van der Waals surface area contributed by atoms with Crippen LogP contribution >= 0.6 is 11.6 Å². The molecule has 1 amide bonds. The average Bonchev–Trinajstić information content (AvgIpc) is 3.88. The Morgan fingerprint density at radius 1 is 0.620 bits per heavy atom. The van der Waals surface area contributed by atoms with Crippen LogP contribution in [-0.4, -0.2) is 15.5 Å². The second-order valence-electron chi connectivity index (χ2n) is 13.1. The molecule has 2 aromatic heterocycles. The van der Waals surface area contributed by atoms with Crippen LogP contribution < -0.4 is 5.32 Å². The highest BCUT2D eigenvalue weighted by Crippen LogP contribution is 2.55. The lowest BCUT2D eigenvalue weighted by atomic mass is 9.83. The molecule has 238 valence electrons. The molecule has 4 nitrogen and oxygen atoms in total. The number of hydrogen-bond donors (Lipinski definition) is 2. The first-order chi connectivity index (χ1) is 24.6. The van der Waals surface area contributed by atoms with E-state index < -0.39 is 5.66 Å². The van der Waals surface area contributed by atoms with E-state index in [4.69, 9.17) is 11.6 Å². The topological polar surface area (TPSA) is 49.8 Å². The van der Waals surface area contributed by atoms with Crippen LogP contribution in [0.5, 0.6) is 0 Å². The number of amides is 1. The molecule has 0 saturated carbocycles. The van der Waals surface area contributed by atoms with Crippen LogP contribution in [-0.2, 0) is 5.66 Å². The van der Waals surface area contributed by atoms with Gasteiger partial charge in [-0.1, -0.05) is 151 Å². The van der Waals surface area contributed by atoms with Gasteiger partial charge in [-0.15, -0.1) is 0 Å². The van der Waals surface area contributed by atoms with Gasteiger partial charge in [0.1, 0.15) is 0 Å². The summed E-state index contributed by atoms with van der Waals surface area (Å²) in [5, 5.41) is 6.21. The molecule has 0 fully saturated rings. The Morgan fingerprint density at radius 3 is 1.98 bits per heavy atom. The molecule has 0 aliphatic carbocycles. The fourth-order valence-corrected chi connectivity index (χ4v) is 8.67. The highest BCUT2D eigenvalue weighted by atomic mass is 35.5. The van der Waals surface area contributed by atoms with Gasteiger partial charge in [-0.3, -0.25) is 4.79 Å². The van der Waals surface area contributed by atoms with Crippen LogP contribution in [0.4, 0.5) is 0 Å². The van der Waals surface area contributed by atoms with Crippen LogP contribution in [0.15, 0.2) is 164 Å². The van der Waals surface area contributed by atoms with Crippen LogP contribution in [0, 0.1) is 0 Å². The number of H-pyrrole nitrogens is 1. The minimum Gasteiger partial charge on any atom is -0.357 e. The number of carbonyl (C=O) groups is 1. The van der Waals surface area contributed by atoms with Crippen molar-refractivity contribution in [2.24, 2.45) is 0 Å². The van der Waals surface area contributed by atoms with E-state index in [1.165, 1.54) is 11.1 Å². The number of carbonyl (C=O) groups excluding carboxylic acids is 1. The lowest BCUT2D eigenvalue weighted by Crippen LogP contribution is -2.42. The van der Waals surface area contributed by atoms with Crippen molar-refractivity contribution in [3.05, 3.63) is 208 Å². The predicted molar refractivity (Wildman–Crippen MR) is 203 cm³/mol. The zero-order valence-corrected chi connectivity index (χ0v) is 27.7. The Hall–Kier alpha value is -6.10. The Bertz CT molecular complexity index is 2620. The van der Waals surface area contributed by atoms with E-state index in [0.29, 0.717) is 10.6 Å². The second-order valence-corrected chi connectivity index (χ2v) is 13.5. The lowest BCUT2D eigenvalue weighted by molar-refractivity contribution is 0.0937. The van der Waals surface area contributed by atoms with Crippen molar-refractivity contribution >= 4 is 44.9 Å². The minimum atomic E-state index is -0.972. The fraction of sp³-hybridized carbons (Fsp3) is 0.0444. The summed E-state index contributed by atoms with van der Waals surface area (Å²) in [7, 11) is 0. The molecule has 0 saturated heterocycles. The van der Waals surface area contributed by atoms with Gasteiger partial charge in [0.2, 0.25) is 0 Å². The van der Waals surface area contributed by atoms with E-state index in [1.54, 1.807) is 0 Å². The van der Waals surface area contributed by atoms with E-state index in [2.05, 4.69) is 142 Å². The quantitative estimate of drug-likeness (QED) is 0.189. The number of rotatable bonds is 5. The van der Waals surface area contributed by atoms with Gasteiger partial charge in [-0.2, -0.15) is 0 Å². The van der Waals surface area contributed by atoms with Gasteiger partial charge in [0, 0.05) is 55.7 Å². The van der Waals surface area contributed by atoms with Crippen LogP contribution in [0.2, 0.25) is 5.02 Å². The van der Waals surface area contributed by atoms with Crippen molar-refractivity contribution in [2.75, 3.05) is 0 Å². The molecule has 8 aromatic rings. The third-order valence-electron chi connectivity index (χ3n) is 10.4. The molecule has 5 heteroatoms. The van der Waals surface area contributed by atoms with E-state index in [0.717, 1.165) is 61.0 Å². The maximum absolute atomic E-state index is 13.8. The highest BCUT2D eigenvalue weighted by molar-refractivity contribution is 6.36. The monoisotopic (exact) mass is 663 g/mol. The number of benzene rings is 6. The molecule has 0 radical (unpaired) electrons. The summed E-state index contributed by atoms with van der Waals surface area (Å²) in [6, 6.07) is 54.5. The van der Waals surface area contributed by atoms with Crippen LogP contribution in [0.25, 0.3) is 38.5 Å². The molecule has 1 atom stereocenters. The maximum Gasteiger partial charge on any atom is 0.254 e. The van der Waals surface area contributed by atoms with Gasteiger partial charge < -0.3 is 14.9 Å². The number of aromatic nitrogens is 2. The largest absolute Gasteiger partial charge is 0.357 e. The molecular formula is C45H30ClN3O. The molecular weight excluding hydrogens is 634 g/mol. The molecule has 1 unspecified atom stereocenters. The van der Waals surface area contributed by atoms with Gasteiger partial charge in [-0.05, 0) is 41.0 Å². The summed E-state index contributed by atoms with van der Waals surface area (Å²) < 4.78 is 2.29. The molecule has 2 aliphatic heterocycles. The molecule has 2 N–H and O–H groups in total. The van der Waals surface area contributed by atoms with Gasteiger partial charge in [0.15, 0.2) is 5.66 Å². The summed E-state index contributed by atoms with van der Waals surface area (Å²) in [6.07, 6.45) is 2.23. The Morgan fingerprint density at radius 2 is 1.24 bits per heavy atom. The fourth-order valence-electron chi connectivity index (χ4n) is 8.41. The third kappa shape index (κ3) is 4.03. The molecule has 0 bridgehead atoms. The van der Waals surface area contributed by atoms with Gasteiger partial charge in [-0.25, -0.2) is 0 Å². The highest BCUT2D eigenvalue weighted by Gasteiger charge is 2.50. The number of fused-ring (bicyclic) bond motifs is 7. The molecule has 6 aromatic carbocycles. The SMILES string of the molecule is O=C1NC2(C=C(c3ccccc3)c3c(-c4c(C(c5ccccc5)c5ccccc5)[nH]c5ccccc45)c4cccc(Cl)c4n32)c2ccccc21. The van der Waals surface area contributed by atoms with Crippen molar-refractivity contribution in [2.45, 2.75) is 11.6 Å². The van der Waals surface area contributed by atoms with Crippen LogP contribution in [0.1, 0.15) is 49.9 Å². The maximum atomic E-state index is 13.8. The van der Waals surface area contributed by atoms with Crippen molar-refractivity contribution in [3.8, 4) is 11.1 Å². The number of aromatic amines is 1. The average molecular weight is 664 g/mol. The number of nitrogens with one attached hydrogen (secondary N) is 2. The van der Waals surface area contributed by atoms with Gasteiger partial charge >= 0.3 is 0 Å². The molecule has 1 spiro atoms. The number of halogens is 1. The zero-order valence-electron chi connectivity index (χ0n) is 26.9. The Balaban J connectivity index is 1.39. The van der Waals surface area contributed by atoms with E-state index in [1.807, 2.05) is 36.4 Å². The minimum absolute atomic E-state index is 0.0870. The third-order valence-corrected chi connectivity index (χ3v) is 10.7. The summed E-state index contributed by atoms with van der Waals surface area (Å²) in [5.41, 5.74) is 11.3. The zero-order chi connectivity index (χ0) is 33.4. The first kappa shape index (κ1) is 28.9. The Kier molecular flexibility index (Phi) is 6.33. The van der Waals surface area contributed by atoms with Crippen LogP contribution in [0.3, 0.4) is 0 Å². The van der Waals surface area contributed by atoms with Gasteiger partial charge in [0.05, 0.1) is 16.2 Å². The normalized spacial score (nSPS) is 16.3. The first-order valence-electron chi connectivity index (χ1n) is 16.9. The van der Waals surface area contributed by atoms with Crippen molar-refractivity contribution in [1.29, 1.82) is 0 Å². The summed E-state index contributed by atoms with van der Waals surface area (Å²) in [6.45, 7) is 0. The van der Waals surface area contributed by atoms with Gasteiger partial charge in [0.25, 0.3) is 5.91 Å². The summed E-state index contributed by atoms with van der Waals surface area (Å²) in [5.74, 6) is -0.190. The standard InChI is InChI=1S/C45H30ClN3O/c46-36-25-14-23-33-40(39-32-22-11-13-26-37(32)47-41(39)38(29-17-6-2-7-18-29)30-19-8-3-9-20-30)43-34(28-15-4-1-5-16-28)27-45(49(43)42(33)36)35-24-12-10-21-31(35)44(50)48-45/h1-27,38,47H,(H,48,50). The Labute approximate surface area is 294 Å². The summed E-state index contributed by atoms with van der Waals surface area (Å²) in [4.78, 5) is 17.7. The number of nitrogens with zero attached hydrogens (tertiary/aromatic N) is 1. The summed E-state index contributed by atoms with van der Waals surface area (Å²) >= 11 is 7.28. The number of hydrogen-bond acceptors (Lipinski definition) is 1. The first-order valence-corrected chi connectivity index (χ1v) is 17.3. The number of para-hydroxylation sites is 2. The predicted octanol–water partition coefficient (Wildman–Crippen LogP) is 10.5. The van der Waals surface area contributed by atoms with E-state index in [-0.39, 0.29) is 11.8 Å². The smallest absolute Gasteiger partial charge is 0.254 e. The van der Waals surface area contributed by atoms with Crippen molar-refractivity contribution in [3.63, 3.8) is 0 Å². The molecule has 10 rings (SSSR count). The van der Waals surface area contributed by atoms with E-state index >= 15 is 0 Å². The van der Waals surface area contributed by atoms with E-state index in [9.17, 15) is 4.79 Å². The van der Waals surface area contributed by atoms with Crippen molar-refractivity contribution in [1.82, 2.24) is 14.9 Å². The second kappa shape index (κ2) is 11.0. The lowest BCUT2D eigenvalue weighted by Gasteiger charge is -2.28. The molecule has 2 aliphatic rings. The molecule has 4 heterocycles. The molecule has 50 heavy (non-hydrogen) atoms. The van der Waals surface area contributed by atoms with Crippen molar-refractivity contribution < 1.29 is 4.79 Å².